The first-order chi connectivity index (χ1) is 15.2. The highest BCUT2D eigenvalue weighted by molar-refractivity contribution is 6.62. The predicted molar refractivity (Wildman–Crippen MR) is 129 cm³/mol. The topological polar surface area (TPSA) is 68.7 Å². The molecule has 0 spiro atoms. The van der Waals surface area contributed by atoms with Gasteiger partial charge in [0.1, 0.15) is 0 Å². The van der Waals surface area contributed by atoms with Crippen molar-refractivity contribution < 1.29 is 14.0 Å². The molecule has 1 aromatic carbocycles. The average molecular weight is 440 g/mol. The molecule has 2 fully saturated rings. The number of likely N-dealkylation sites (N-methyl/N-ethyl adjacent to an activating group) is 1. The molecule has 32 heavy (non-hydrogen) atoms. The molecular formula is C24H37BN4O3. The minimum atomic E-state index is -0.376. The number of fused-ring (bicyclic) bond motifs is 1. The summed E-state index contributed by atoms with van der Waals surface area (Å²) in [7, 11) is 3.58. The van der Waals surface area contributed by atoms with E-state index in [1.807, 2.05) is 18.3 Å². The van der Waals surface area contributed by atoms with Crippen LogP contribution in [0, 0.1) is 0 Å². The lowest BCUT2D eigenvalue weighted by atomic mass is 9.78. The Hall–Kier alpha value is -1.74. The third-order valence-electron chi connectivity index (χ3n) is 7.43. The van der Waals surface area contributed by atoms with Crippen LogP contribution in [0.3, 0.4) is 0 Å². The molecule has 2 heterocycles. The number of hydrogen-bond donors (Lipinski definition) is 1. The molecule has 0 atom stereocenters. The summed E-state index contributed by atoms with van der Waals surface area (Å²) < 4.78 is 17.6. The molecule has 0 bridgehead atoms. The van der Waals surface area contributed by atoms with Gasteiger partial charge in [-0.2, -0.15) is 0 Å². The summed E-state index contributed by atoms with van der Waals surface area (Å²) in [5.41, 5.74) is 1.22. The first kappa shape index (κ1) is 23.4. The summed E-state index contributed by atoms with van der Waals surface area (Å²) in [6, 6.07) is 7.20. The lowest BCUT2D eigenvalue weighted by Crippen LogP contribution is -2.41. The van der Waals surface area contributed by atoms with Gasteiger partial charge in [0.2, 0.25) is 5.95 Å². The van der Waals surface area contributed by atoms with E-state index >= 15 is 0 Å². The zero-order chi connectivity index (χ0) is 22.9. The molecule has 7 nitrogen and oxygen atoms in total. The molecule has 1 aliphatic heterocycles. The maximum Gasteiger partial charge on any atom is 0.494 e. The van der Waals surface area contributed by atoms with Crippen LogP contribution >= 0.6 is 0 Å². The smallest absolute Gasteiger partial charge is 0.399 e. The largest absolute Gasteiger partial charge is 0.494 e. The number of nitrogens with one attached hydrogen (secondary N) is 1. The number of benzene rings is 1. The SMILES string of the molecule is COCCN(C)[C@H]1CC[C@H](Nc2ncc3cc(B4OC(C)(C)C(C)(C)O4)ccc3n2)CC1. The van der Waals surface area contributed by atoms with Gasteiger partial charge in [0.25, 0.3) is 0 Å². The first-order valence-corrected chi connectivity index (χ1v) is 11.8. The maximum atomic E-state index is 6.18. The summed E-state index contributed by atoms with van der Waals surface area (Å²) in [6.07, 6.45) is 6.52. The Kier molecular flexibility index (Phi) is 6.77. The van der Waals surface area contributed by atoms with Crippen molar-refractivity contribution in [2.75, 3.05) is 32.6 Å². The van der Waals surface area contributed by atoms with E-state index in [0.717, 1.165) is 42.4 Å². The molecule has 0 radical (unpaired) electrons. The second-order valence-corrected chi connectivity index (χ2v) is 10.2. The average Bonchev–Trinajstić information content (AvgIpc) is 2.99. The van der Waals surface area contributed by atoms with Crippen LogP contribution in [0.1, 0.15) is 53.4 Å². The normalized spacial score (nSPS) is 24.9. The second kappa shape index (κ2) is 9.25. The van der Waals surface area contributed by atoms with E-state index in [1.54, 1.807) is 7.11 Å². The van der Waals surface area contributed by atoms with E-state index in [0.29, 0.717) is 18.0 Å². The maximum absolute atomic E-state index is 6.18. The second-order valence-electron chi connectivity index (χ2n) is 10.2. The van der Waals surface area contributed by atoms with Gasteiger partial charge in [0.15, 0.2) is 0 Å². The molecule has 4 rings (SSSR count). The van der Waals surface area contributed by atoms with Crippen molar-refractivity contribution in [2.45, 2.75) is 76.7 Å². The Morgan fingerprint density at radius 3 is 2.47 bits per heavy atom. The quantitative estimate of drug-likeness (QED) is 0.663. The van der Waals surface area contributed by atoms with Crippen molar-refractivity contribution >= 4 is 29.4 Å². The number of anilines is 1. The fourth-order valence-electron chi connectivity index (χ4n) is 4.51. The molecule has 0 amide bonds. The van der Waals surface area contributed by atoms with Crippen LogP contribution in [0.15, 0.2) is 24.4 Å². The highest BCUT2D eigenvalue weighted by Gasteiger charge is 2.51. The third-order valence-corrected chi connectivity index (χ3v) is 7.43. The van der Waals surface area contributed by atoms with Crippen LogP contribution in [0.2, 0.25) is 0 Å². The van der Waals surface area contributed by atoms with Gasteiger partial charge in [0.05, 0.1) is 23.3 Å². The summed E-state index contributed by atoms with van der Waals surface area (Å²) in [5.74, 6) is 0.706. The minimum Gasteiger partial charge on any atom is -0.399 e. The van der Waals surface area contributed by atoms with Crippen LogP contribution in [0.5, 0.6) is 0 Å². The van der Waals surface area contributed by atoms with Crippen molar-refractivity contribution in [1.29, 1.82) is 0 Å². The molecule has 1 N–H and O–H groups in total. The zero-order valence-electron chi connectivity index (χ0n) is 20.4. The monoisotopic (exact) mass is 440 g/mol. The molecule has 2 aromatic rings. The predicted octanol–water partition coefficient (Wildman–Crippen LogP) is 3.23. The Morgan fingerprint density at radius 1 is 1.12 bits per heavy atom. The van der Waals surface area contributed by atoms with E-state index in [1.165, 1.54) is 12.8 Å². The molecule has 1 saturated carbocycles. The van der Waals surface area contributed by atoms with Gasteiger partial charge in [-0.15, -0.1) is 0 Å². The van der Waals surface area contributed by atoms with Crippen molar-refractivity contribution in [3.8, 4) is 0 Å². The van der Waals surface area contributed by atoms with Crippen LogP contribution in [0.25, 0.3) is 10.9 Å². The molecule has 2 aliphatic rings. The van der Waals surface area contributed by atoms with E-state index in [2.05, 4.69) is 56.0 Å². The van der Waals surface area contributed by atoms with E-state index in [-0.39, 0.29) is 18.3 Å². The fourth-order valence-corrected chi connectivity index (χ4v) is 4.51. The van der Waals surface area contributed by atoms with Gasteiger partial charge in [-0.1, -0.05) is 12.1 Å². The Bertz CT molecular complexity index is 915. The summed E-state index contributed by atoms with van der Waals surface area (Å²) >= 11 is 0. The number of hydrogen-bond acceptors (Lipinski definition) is 7. The van der Waals surface area contributed by atoms with E-state index in [9.17, 15) is 0 Å². The van der Waals surface area contributed by atoms with Crippen molar-refractivity contribution in [3.63, 3.8) is 0 Å². The lowest BCUT2D eigenvalue weighted by molar-refractivity contribution is 0.00578. The fraction of sp³-hybridized carbons (Fsp3) is 0.667. The molecule has 1 aromatic heterocycles. The number of ether oxygens (including phenoxy) is 1. The number of rotatable bonds is 7. The van der Waals surface area contributed by atoms with Gasteiger partial charge in [0, 0.05) is 37.3 Å². The standard InChI is InChI=1S/C24H37BN4O3/c1-23(2)24(3,4)32-25(31-23)18-7-12-21-17(15-18)16-26-22(28-21)27-19-8-10-20(11-9-19)29(5)13-14-30-6/h7,12,15-16,19-20H,8-11,13-14H2,1-6H3,(H,26,27,28)/t19-,20-. The van der Waals surface area contributed by atoms with E-state index < -0.39 is 0 Å². The summed E-state index contributed by atoms with van der Waals surface area (Å²) in [4.78, 5) is 11.8. The highest BCUT2D eigenvalue weighted by atomic mass is 16.7. The van der Waals surface area contributed by atoms with Gasteiger partial charge in [-0.05, 0) is 72.0 Å². The summed E-state index contributed by atoms with van der Waals surface area (Å²) in [5, 5.41) is 4.54. The highest BCUT2D eigenvalue weighted by Crippen LogP contribution is 2.36. The number of aromatic nitrogens is 2. The molecule has 1 aliphatic carbocycles. The zero-order valence-corrected chi connectivity index (χ0v) is 20.4. The third kappa shape index (κ3) is 4.93. The van der Waals surface area contributed by atoms with Gasteiger partial charge in [-0.3, -0.25) is 0 Å². The van der Waals surface area contributed by atoms with Gasteiger partial charge < -0.3 is 24.3 Å². The Morgan fingerprint density at radius 2 is 1.81 bits per heavy atom. The van der Waals surface area contributed by atoms with Crippen molar-refractivity contribution in [3.05, 3.63) is 24.4 Å². The van der Waals surface area contributed by atoms with Gasteiger partial charge >= 0.3 is 7.12 Å². The lowest BCUT2D eigenvalue weighted by Gasteiger charge is -2.34. The number of methoxy groups -OCH3 is 1. The Labute approximate surface area is 192 Å². The van der Waals surface area contributed by atoms with Crippen molar-refractivity contribution in [2.24, 2.45) is 0 Å². The number of nitrogens with zero attached hydrogens (tertiary/aromatic N) is 3. The molecule has 8 heteroatoms. The van der Waals surface area contributed by atoms with Crippen LogP contribution < -0.4 is 10.8 Å². The molecule has 0 unspecified atom stereocenters. The minimum absolute atomic E-state index is 0.353. The Balaban J connectivity index is 1.37. The molecule has 174 valence electrons. The van der Waals surface area contributed by atoms with Crippen LogP contribution in [0.4, 0.5) is 5.95 Å². The summed E-state index contributed by atoms with van der Waals surface area (Å²) in [6.45, 7) is 10.1. The first-order valence-electron chi connectivity index (χ1n) is 11.8. The molecule has 1 saturated heterocycles. The van der Waals surface area contributed by atoms with Gasteiger partial charge in [-0.25, -0.2) is 9.97 Å². The van der Waals surface area contributed by atoms with Crippen LogP contribution in [-0.2, 0) is 14.0 Å². The van der Waals surface area contributed by atoms with E-state index in [4.69, 9.17) is 19.0 Å². The molecular weight excluding hydrogens is 403 g/mol. The van der Waals surface area contributed by atoms with Crippen molar-refractivity contribution in [1.82, 2.24) is 14.9 Å². The van der Waals surface area contributed by atoms with Crippen LogP contribution in [-0.4, -0.2) is 72.6 Å².